The molecule has 0 aliphatic carbocycles. The van der Waals surface area contributed by atoms with Crippen LogP contribution in [-0.4, -0.2) is 22.1 Å². The van der Waals surface area contributed by atoms with Gasteiger partial charge in [-0.2, -0.15) is 0 Å². The summed E-state index contributed by atoms with van der Waals surface area (Å²) in [7, 11) is 1.80. The van der Waals surface area contributed by atoms with Gasteiger partial charge in [-0.05, 0) is 42.8 Å². The number of nitrogen functional groups attached to an aromatic ring is 1. The molecule has 0 fully saturated rings. The van der Waals surface area contributed by atoms with E-state index in [1.54, 1.807) is 48.9 Å². The minimum Gasteiger partial charge on any atom is -0.461 e. The number of halogens is 2. The molecule has 0 radical (unpaired) electrons. The number of hydrogen-bond donors (Lipinski definition) is 1. The van der Waals surface area contributed by atoms with Crippen molar-refractivity contribution in [1.29, 1.82) is 0 Å². The topological polar surface area (TPSA) is 70.1 Å². The minimum atomic E-state index is -0.525. The fourth-order valence-electron chi connectivity index (χ4n) is 2.89. The second-order valence-electron chi connectivity index (χ2n) is 6.04. The Balaban J connectivity index is 2.11. The second kappa shape index (κ2) is 7.80. The van der Waals surface area contributed by atoms with Gasteiger partial charge < -0.3 is 15.0 Å². The zero-order valence-electron chi connectivity index (χ0n) is 15.0. The van der Waals surface area contributed by atoms with Gasteiger partial charge >= 0.3 is 5.97 Å². The molecule has 0 atom stereocenters. The number of nitrogens with zero attached hydrogens (tertiary/aromatic N) is 2. The Kier molecular flexibility index (Phi) is 5.46. The standard InChI is InChI=1S/C20H19ClFN3O2/c1-3-27-20(26)18-19(15-9-6-13(21)11-16(15)23)25(2)17(24-18)10-12-4-7-14(22)8-5-12/h4-9,11H,3,10,23H2,1-2H3. The summed E-state index contributed by atoms with van der Waals surface area (Å²) in [6, 6.07) is 11.2. The highest BCUT2D eigenvalue weighted by molar-refractivity contribution is 6.31. The summed E-state index contributed by atoms with van der Waals surface area (Å²) in [4.78, 5) is 17.0. The molecule has 7 heteroatoms. The quantitative estimate of drug-likeness (QED) is 0.525. The third kappa shape index (κ3) is 3.95. The number of anilines is 1. The summed E-state index contributed by atoms with van der Waals surface area (Å²) < 4.78 is 20.1. The van der Waals surface area contributed by atoms with Crippen LogP contribution in [0.1, 0.15) is 28.8 Å². The predicted molar refractivity (Wildman–Crippen MR) is 103 cm³/mol. The zero-order valence-corrected chi connectivity index (χ0v) is 15.8. The molecule has 2 aromatic carbocycles. The summed E-state index contributed by atoms with van der Waals surface area (Å²) in [6.45, 7) is 1.97. The SMILES string of the molecule is CCOC(=O)c1nc(Cc2ccc(F)cc2)n(C)c1-c1ccc(Cl)cc1N. The van der Waals surface area contributed by atoms with Crippen LogP contribution in [0.25, 0.3) is 11.3 Å². The van der Waals surface area contributed by atoms with E-state index in [-0.39, 0.29) is 18.1 Å². The predicted octanol–water partition coefficient (Wildman–Crippen LogP) is 4.23. The van der Waals surface area contributed by atoms with E-state index in [0.29, 0.717) is 34.2 Å². The second-order valence-corrected chi connectivity index (χ2v) is 6.48. The number of benzene rings is 2. The lowest BCUT2D eigenvalue weighted by Crippen LogP contribution is -2.08. The Hall–Kier alpha value is -2.86. The normalized spacial score (nSPS) is 10.8. The van der Waals surface area contributed by atoms with Gasteiger partial charge in [-0.25, -0.2) is 14.2 Å². The lowest BCUT2D eigenvalue weighted by Gasteiger charge is -2.10. The van der Waals surface area contributed by atoms with Crippen molar-refractivity contribution in [3.63, 3.8) is 0 Å². The van der Waals surface area contributed by atoms with Crippen LogP contribution < -0.4 is 5.73 Å². The van der Waals surface area contributed by atoms with Crippen molar-refractivity contribution in [3.05, 3.63) is 70.4 Å². The molecule has 5 nitrogen and oxygen atoms in total. The van der Waals surface area contributed by atoms with E-state index in [1.807, 2.05) is 0 Å². The number of aromatic nitrogens is 2. The molecule has 0 saturated heterocycles. The molecular formula is C20H19ClFN3O2. The van der Waals surface area contributed by atoms with Gasteiger partial charge in [0.25, 0.3) is 0 Å². The van der Waals surface area contributed by atoms with E-state index in [1.165, 1.54) is 12.1 Å². The lowest BCUT2D eigenvalue weighted by molar-refractivity contribution is 0.0521. The maximum Gasteiger partial charge on any atom is 0.359 e. The van der Waals surface area contributed by atoms with E-state index in [4.69, 9.17) is 22.1 Å². The first-order valence-corrected chi connectivity index (χ1v) is 8.81. The van der Waals surface area contributed by atoms with Crippen molar-refractivity contribution in [2.75, 3.05) is 12.3 Å². The molecule has 0 aliphatic rings. The molecule has 3 rings (SSSR count). The van der Waals surface area contributed by atoms with Crippen LogP contribution in [0, 0.1) is 5.82 Å². The largest absolute Gasteiger partial charge is 0.461 e. The summed E-state index contributed by atoms with van der Waals surface area (Å²) in [5.41, 5.74) is 8.81. The highest BCUT2D eigenvalue weighted by atomic mass is 35.5. The van der Waals surface area contributed by atoms with Gasteiger partial charge in [0.1, 0.15) is 11.6 Å². The van der Waals surface area contributed by atoms with E-state index in [2.05, 4.69) is 4.98 Å². The van der Waals surface area contributed by atoms with Crippen LogP contribution in [-0.2, 0) is 18.2 Å². The number of nitrogens with two attached hydrogens (primary N) is 1. The average molecular weight is 388 g/mol. The Bertz CT molecular complexity index is 984. The molecule has 0 saturated carbocycles. The molecule has 3 aromatic rings. The number of carbonyl (C=O) groups is 1. The molecule has 0 spiro atoms. The fourth-order valence-corrected chi connectivity index (χ4v) is 3.07. The van der Waals surface area contributed by atoms with Crippen LogP contribution in [0.15, 0.2) is 42.5 Å². The van der Waals surface area contributed by atoms with Gasteiger partial charge in [0.15, 0.2) is 5.69 Å². The zero-order chi connectivity index (χ0) is 19.6. The lowest BCUT2D eigenvalue weighted by atomic mass is 10.1. The Morgan fingerprint density at radius 1 is 1.26 bits per heavy atom. The minimum absolute atomic E-state index is 0.186. The van der Waals surface area contributed by atoms with Crippen LogP contribution in [0.5, 0.6) is 0 Å². The summed E-state index contributed by atoms with van der Waals surface area (Å²) in [6.07, 6.45) is 0.427. The molecule has 1 heterocycles. The average Bonchev–Trinajstić information content (AvgIpc) is 2.94. The van der Waals surface area contributed by atoms with Crippen LogP contribution in [0.2, 0.25) is 5.02 Å². The van der Waals surface area contributed by atoms with Gasteiger partial charge in [-0.3, -0.25) is 0 Å². The maximum atomic E-state index is 13.2. The first kappa shape index (κ1) is 18.9. The fraction of sp³-hybridized carbons (Fsp3) is 0.200. The third-order valence-electron chi connectivity index (χ3n) is 4.20. The van der Waals surface area contributed by atoms with Crippen LogP contribution >= 0.6 is 11.6 Å². The van der Waals surface area contributed by atoms with Crippen molar-refractivity contribution in [3.8, 4) is 11.3 Å². The molecular weight excluding hydrogens is 369 g/mol. The number of rotatable bonds is 5. The molecule has 27 heavy (non-hydrogen) atoms. The molecule has 2 N–H and O–H groups in total. The Labute approximate surface area is 161 Å². The highest BCUT2D eigenvalue weighted by Gasteiger charge is 2.24. The van der Waals surface area contributed by atoms with Crippen molar-refractivity contribution < 1.29 is 13.9 Å². The molecule has 0 aliphatic heterocycles. The number of esters is 1. The highest BCUT2D eigenvalue weighted by Crippen LogP contribution is 2.32. The van der Waals surface area contributed by atoms with Gasteiger partial charge in [0.2, 0.25) is 0 Å². The van der Waals surface area contributed by atoms with Crippen molar-refractivity contribution in [2.45, 2.75) is 13.3 Å². The monoisotopic (exact) mass is 387 g/mol. The van der Waals surface area contributed by atoms with Crippen molar-refractivity contribution in [1.82, 2.24) is 9.55 Å². The van der Waals surface area contributed by atoms with Gasteiger partial charge in [0, 0.05) is 29.7 Å². The van der Waals surface area contributed by atoms with Crippen LogP contribution in [0.3, 0.4) is 0 Å². The van der Waals surface area contributed by atoms with Crippen LogP contribution in [0.4, 0.5) is 10.1 Å². The molecule has 1 aromatic heterocycles. The summed E-state index contributed by atoms with van der Waals surface area (Å²) in [5, 5.41) is 0.502. The Morgan fingerprint density at radius 2 is 1.96 bits per heavy atom. The van der Waals surface area contributed by atoms with Gasteiger partial charge in [-0.1, -0.05) is 23.7 Å². The van der Waals surface area contributed by atoms with Gasteiger partial charge in [0.05, 0.1) is 12.3 Å². The summed E-state index contributed by atoms with van der Waals surface area (Å²) >= 11 is 6.00. The van der Waals surface area contributed by atoms with Crippen molar-refractivity contribution >= 4 is 23.3 Å². The van der Waals surface area contributed by atoms with E-state index in [9.17, 15) is 9.18 Å². The number of imidazole rings is 1. The first-order chi connectivity index (χ1) is 12.9. The summed E-state index contributed by atoms with van der Waals surface area (Å²) in [5.74, 6) is -0.197. The maximum absolute atomic E-state index is 13.2. The van der Waals surface area contributed by atoms with E-state index < -0.39 is 5.97 Å². The molecule has 0 unspecified atom stereocenters. The van der Waals surface area contributed by atoms with Gasteiger partial charge in [-0.15, -0.1) is 0 Å². The number of hydrogen-bond acceptors (Lipinski definition) is 4. The third-order valence-corrected chi connectivity index (χ3v) is 4.44. The molecule has 0 bridgehead atoms. The molecule has 0 amide bonds. The number of carbonyl (C=O) groups excluding carboxylic acids is 1. The van der Waals surface area contributed by atoms with Crippen molar-refractivity contribution in [2.24, 2.45) is 7.05 Å². The van der Waals surface area contributed by atoms with E-state index >= 15 is 0 Å². The smallest absolute Gasteiger partial charge is 0.359 e. The number of ether oxygens (including phenoxy) is 1. The van der Waals surface area contributed by atoms with E-state index in [0.717, 1.165) is 5.56 Å². The Morgan fingerprint density at radius 3 is 2.59 bits per heavy atom. The first-order valence-electron chi connectivity index (χ1n) is 8.43. The molecule has 140 valence electrons.